The third-order valence-electron chi connectivity index (χ3n) is 4.83. The van der Waals surface area contributed by atoms with Gasteiger partial charge < -0.3 is 10.7 Å². The maximum Gasteiger partial charge on any atom is 0.260 e. The highest BCUT2D eigenvalue weighted by atomic mass is 16.2. The molecule has 0 unspecified atom stereocenters. The Morgan fingerprint density at radius 2 is 1.93 bits per heavy atom. The molecule has 140 valence electrons. The second-order valence-electron chi connectivity index (χ2n) is 6.53. The number of nitrogen functional groups attached to an aromatic ring is 1. The summed E-state index contributed by atoms with van der Waals surface area (Å²) in [6.45, 7) is 2.05. The number of H-pyrrole nitrogens is 1. The van der Waals surface area contributed by atoms with Gasteiger partial charge in [0.15, 0.2) is 0 Å². The fourth-order valence-electron chi connectivity index (χ4n) is 3.55. The van der Waals surface area contributed by atoms with E-state index in [-0.39, 0.29) is 17.9 Å². The third kappa shape index (κ3) is 3.20. The first-order valence-electron chi connectivity index (χ1n) is 9.22. The zero-order valence-electron chi connectivity index (χ0n) is 15.5. The summed E-state index contributed by atoms with van der Waals surface area (Å²) in [6.07, 6.45) is 4.14. The van der Waals surface area contributed by atoms with E-state index in [2.05, 4.69) is 21.9 Å². The van der Waals surface area contributed by atoms with Gasteiger partial charge in [0.1, 0.15) is 5.82 Å². The third-order valence-corrected chi connectivity index (χ3v) is 4.83. The number of hydrogen-bond acceptors (Lipinski definition) is 4. The Balaban J connectivity index is 1.87. The van der Waals surface area contributed by atoms with Crippen LogP contribution in [-0.2, 0) is 0 Å². The number of carbonyl (C=O) groups excluding carboxylic acids is 1. The minimum absolute atomic E-state index is 0.126. The maximum absolute atomic E-state index is 13.8. The second-order valence-corrected chi connectivity index (χ2v) is 6.53. The monoisotopic (exact) mass is 371 g/mol. The van der Waals surface area contributed by atoms with Crippen LogP contribution in [0.4, 0.5) is 11.8 Å². The molecule has 4 aromatic rings. The van der Waals surface area contributed by atoms with Gasteiger partial charge in [0, 0.05) is 28.9 Å². The molecule has 0 spiro atoms. The molecule has 2 heterocycles. The predicted molar refractivity (Wildman–Crippen MR) is 111 cm³/mol. The van der Waals surface area contributed by atoms with Crippen LogP contribution in [0.15, 0.2) is 73.1 Å². The molecule has 0 saturated heterocycles. The average Bonchev–Trinajstić information content (AvgIpc) is 3.21. The van der Waals surface area contributed by atoms with Gasteiger partial charge in [0.25, 0.3) is 5.91 Å². The zero-order valence-corrected chi connectivity index (χ0v) is 15.5. The standard InChI is InChI=1S/C22H21N5O/c1-2-19(15-7-4-3-5-8-15)27(20-12-14-25-22(23)26-20)21(28)17-9-6-10-18-16(17)11-13-24-18/h3-14,19,24H,2H2,1H3,(H2,23,25,26)/t19-/m1/s1. The summed E-state index contributed by atoms with van der Waals surface area (Å²) in [7, 11) is 0. The Hall–Kier alpha value is -3.67. The van der Waals surface area contributed by atoms with E-state index in [4.69, 9.17) is 5.73 Å². The van der Waals surface area contributed by atoms with Crippen molar-refractivity contribution in [2.75, 3.05) is 10.6 Å². The van der Waals surface area contributed by atoms with Crippen molar-refractivity contribution in [2.45, 2.75) is 19.4 Å². The molecular formula is C22H21N5O. The number of anilines is 2. The Morgan fingerprint density at radius 1 is 1.11 bits per heavy atom. The van der Waals surface area contributed by atoms with E-state index in [1.54, 1.807) is 17.2 Å². The minimum Gasteiger partial charge on any atom is -0.368 e. The first-order chi connectivity index (χ1) is 13.7. The molecule has 3 N–H and O–H groups in total. The predicted octanol–water partition coefficient (Wildman–Crippen LogP) is 4.34. The van der Waals surface area contributed by atoms with Crippen LogP contribution in [0.25, 0.3) is 10.9 Å². The Bertz CT molecular complexity index is 1110. The number of hydrogen-bond donors (Lipinski definition) is 2. The number of rotatable bonds is 5. The van der Waals surface area contributed by atoms with E-state index in [1.807, 2.05) is 60.8 Å². The molecule has 2 aromatic carbocycles. The number of nitrogens with one attached hydrogen (secondary N) is 1. The lowest BCUT2D eigenvalue weighted by molar-refractivity contribution is 0.0976. The number of aromatic nitrogens is 3. The summed E-state index contributed by atoms with van der Waals surface area (Å²) >= 11 is 0. The highest BCUT2D eigenvalue weighted by molar-refractivity contribution is 6.13. The van der Waals surface area contributed by atoms with Crippen molar-refractivity contribution in [3.05, 3.63) is 84.2 Å². The Labute approximate surface area is 163 Å². The number of aromatic amines is 1. The summed E-state index contributed by atoms with van der Waals surface area (Å²) in [4.78, 5) is 27.0. The minimum atomic E-state index is -0.183. The number of amides is 1. The topological polar surface area (TPSA) is 87.9 Å². The number of fused-ring (bicyclic) bond motifs is 1. The van der Waals surface area contributed by atoms with E-state index in [0.717, 1.165) is 22.9 Å². The van der Waals surface area contributed by atoms with Crippen molar-refractivity contribution >= 4 is 28.6 Å². The summed E-state index contributed by atoms with van der Waals surface area (Å²) in [6, 6.07) is 19.1. The number of carbonyl (C=O) groups is 1. The normalized spacial score (nSPS) is 12.0. The number of nitrogens with zero attached hydrogens (tertiary/aromatic N) is 3. The molecule has 0 aliphatic heterocycles. The van der Waals surface area contributed by atoms with Gasteiger partial charge in [-0.2, -0.15) is 4.98 Å². The maximum atomic E-state index is 13.8. The van der Waals surface area contributed by atoms with Gasteiger partial charge >= 0.3 is 0 Å². The van der Waals surface area contributed by atoms with Crippen LogP contribution in [0.3, 0.4) is 0 Å². The van der Waals surface area contributed by atoms with Crippen LogP contribution in [0, 0.1) is 0 Å². The molecule has 0 fully saturated rings. The first-order valence-corrected chi connectivity index (χ1v) is 9.22. The summed E-state index contributed by atoms with van der Waals surface area (Å²) in [5, 5.41) is 0.877. The smallest absolute Gasteiger partial charge is 0.260 e. The van der Waals surface area contributed by atoms with Gasteiger partial charge in [-0.05, 0) is 36.2 Å². The molecule has 4 rings (SSSR count). The fourth-order valence-corrected chi connectivity index (χ4v) is 3.55. The van der Waals surface area contributed by atoms with E-state index in [9.17, 15) is 4.79 Å². The lowest BCUT2D eigenvalue weighted by Gasteiger charge is -2.31. The van der Waals surface area contributed by atoms with Crippen molar-refractivity contribution in [1.82, 2.24) is 15.0 Å². The van der Waals surface area contributed by atoms with Crippen molar-refractivity contribution < 1.29 is 4.79 Å². The van der Waals surface area contributed by atoms with Crippen LogP contribution < -0.4 is 10.6 Å². The van der Waals surface area contributed by atoms with Crippen molar-refractivity contribution in [3.63, 3.8) is 0 Å². The Morgan fingerprint density at radius 3 is 2.68 bits per heavy atom. The van der Waals surface area contributed by atoms with Gasteiger partial charge in [0.2, 0.25) is 5.95 Å². The quantitative estimate of drug-likeness (QED) is 0.546. The highest BCUT2D eigenvalue weighted by Gasteiger charge is 2.29. The van der Waals surface area contributed by atoms with E-state index in [0.29, 0.717) is 11.4 Å². The Kier molecular flexibility index (Phi) is 4.76. The molecule has 6 nitrogen and oxygen atoms in total. The van der Waals surface area contributed by atoms with Crippen LogP contribution in [0.2, 0.25) is 0 Å². The molecule has 0 radical (unpaired) electrons. The van der Waals surface area contributed by atoms with Gasteiger partial charge in [-0.25, -0.2) is 4.98 Å². The van der Waals surface area contributed by atoms with E-state index >= 15 is 0 Å². The van der Waals surface area contributed by atoms with Gasteiger partial charge in [-0.3, -0.25) is 9.69 Å². The first kappa shape index (κ1) is 17.7. The van der Waals surface area contributed by atoms with Crippen molar-refractivity contribution in [1.29, 1.82) is 0 Å². The number of nitrogens with two attached hydrogens (primary N) is 1. The van der Waals surface area contributed by atoms with Crippen LogP contribution >= 0.6 is 0 Å². The lowest BCUT2D eigenvalue weighted by Crippen LogP contribution is -2.35. The van der Waals surface area contributed by atoms with Crippen molar-refractivity contribution in [2.24, 2.45) is 0 Å². The summed E-state index contributed by atoms with van der Waals surface area (Å²) < 4.78 is 0. The molecule has 1 amide bonds. The summed E-state index contributed by atoms with van der Waals surface area (Å²) in [5.74, 6) is 0.498. The molecular weight excluding hydrogens is 350 g/mol. The SMILES string of the molecule is CC[C@H](c1ccccc1)N(C(=O)c1cccc2[nH]ccc12)c1ccnc(N)n1. The molecule has 0 aliphatic carbocycles. The van der Waals surface area contributed by atoms with Crippen LogP contribution in [0.1, 0.15) is 35.3 Å². The molecule has 28 heavy (non-hydrogen) atoms. The molecule has 1 atom stereocenters. The largest absolute Gasteiger partial charge is 0.368 e. The molecule has 0 aliphatic rings. The molecule has 0 bridgehead atoms. The van der Waals surface area contributed by atoms with E-state index < -0.39 is 0 Å². The molecule has 2 aromatic heterocycles. The zero-order chi connectivity index (χ0) is 19.5. The van der Waals surface area contributed by atoms with Gasteiger partial charge in [-0.1, -0.05) is 43.3 Å². The molecule has 6 heteroatoms. The summed E-state index contributed by atoms with van der Waals surface area (Å²) in [5.41, 5.74) is 8.40. The lowest BCUT2D eigenvalue weighted by atomic mass is 10.0. The molecule has 0 saturated carbocycles. The van der Waals surface area contributed by atoms with Gasteiger partial charge in [-0.15, -0.1) is 0 Å². The second kappa shape index (κ2) is 7.52. The van der Waals surface area contributed by atoms with Crippen molar-refractivity contribution in [3.8, 4) is 0 Å². The number of benzene rings is 2. The fraction of sp³-hybridized carbons (Fsp3) is 0.136. The van der Waals surface area contributed by atoms with Crippen LogP contribution in [0.5, 0.6) is 0 Å². The van der Waals surface area contributed by atoms with Crippen LogP contribution in [-0.4, -0.2) is 20.9 Å². The van der Waals surface area contributed by atoms with Gasteiger partial charge in [0.05, 0.1) is 6.04 Å². The average molecular weight is 371 g/mol. The highest BCUT2D eigenvalue weighted by Crippen LogP contribution is 2.32. The van der Waals surface area contributed by atoms with E-state index in [1.165, 1.54) is 0 Å².